The van der Waals surface area contributed by atoms with Crippen molar-refractivity contribution in [2.75, 3.05) is 0 Å². The van der Waals surface area contributed by atoms with Crippen LogP contribution in [-0.2, 0) is 11.3 Å². The smallest absolute Gasteiger partial charge is 0.229 e. The number of halogens is 1. The van der Waals surface area contributed by atoms with Gasteiger partial charge in [-0.3, -0.25) is 4.79 Å². The van der Waals surface area contributed by atoms with E-state index in [4.69, 9.17) is 0 Å². The van der Waals surface area contributed by atoms with E-state index < -0.39 is 0 Å². The second-order valence-electron chi connectivity index (χ2n) is 6.57. The first kappa shape index (κ1) is 14.8. The van der Waals surface area contributed by atoms with E-state index in [0.717, 1.165) is 17.5 Å². The summed E-state index contributed by atoms with van der Waals surface area (Å²) < 4.78 is 13.2. The van der Waals surface area contributed by atoms with Gasteiger partial charge in [0.1, 0.15) is 5.82 Å². The molecular formula is C19H20FNO. The molecule has 1 amide bonds. The molecule has 1 heterocycles. The summed E-state index contributed by atoms with van der Waals surface area (Å²) in [6.07, 6.45) is 0.754. The van der Waals surface area contributed by atoms with Crippen LogP contribution in [0.4, 0.5) is 4.39 Å². The number of nitrogens with zero attached hydrogens (tertiary/aromatic N) is 1. The largest absolute Gasteiger partial charge is 0.331 e. The van der Waals surface area contributed by atoms with Crippen molar-refractivity contribution < 1.29 is 9.18 Å². The number of carbonyl (C=O) groups is 1. The van der Waals surface area contributed by atoms with Gasteiger partial charge in [-0.2, -0.15) is 0 Å². The van der Waals surface area contributed by atoms with Gasteiger partial charge in [0.15, 0.2) is 0 Å². The third-order valence-electron chi connectivity index (χ3n) is 4.37. The third-order valence-corrected chi connectivity index (χ3v) is 4.37. The highest BCUT2D eigenvalue weighted by Crippen LogP contribution is 2.44. The van der Waals surface area contributed by atoms with E-state index in [1.807, 2.05) is 49.1 Å². The lowest BCUT2D eigenvalue weighted by Gasteiger charge is -2.25. The lowest BCUT2D eigenvalue weighted by molar-refractivity contribution is -0.136. The van der Waals surface area contributed by atoms with Crippen molar-refractivity contribution in [2.45, 2.75) is 32.9 Å². The maximum absolute atomic E-state index is 13.2. The van der Waals surface area contributed by atoms with Crippen LogP contribution in [0.2, 0.25) is 0 Å². The molecular weight excluding hydrogens is 277 g/mol. The molecule has 0 aliphatic carbocycles. The van der Waals surface area contributed by atoms with Crippen LogP contribution in [0.5, 0.6) is 0 Å². The third kappa shape index (κ3) is 2.76. The molecule has 114 valence electrons. The monoisotopic (exact) mass is 297 g/mol. The van der Waals surface area contributed by atoms with E-state index in [9.17, 15) is 9.18 Å². The SMILES string of the molecule is CC1(C)C[C@H](c2ccc(F)cc2)N(Cc2ccccc2)C1=O. The van der Waals surface area contributed by atoms with E-state index in [-0.39, 0.29) is 23.2 Å². The summed E-state index contributed by atoms with van der Waals surface area (Å²) in [4.78, 5) is 14.7. The molecule has 1 fully saturated rings. The van der Waals surface area contributed by atoms with Gasteiger partial charge < -0.3 is 4.90 Å². The van der Waals surface area contributed by atoms with E-state index in [0.29, 0.717) is 6.54 Å². The molecule has 1 aliphatic heterocycles. The predicted octanol–water partition coefficient (Wildman–Crippen LogP) is 4.33. The molecule has 0 spiro atoms. The minimum atomic E-state index is -0.381. The van der Waals surface area contributed by atoms with Crippen molar-refractivity contribution in [3.63, 3.8) is 0 Å². The summed E-state index contributed by atoms with van der Waals surface area (Å²) in [6, 6.07) is 16.5. The summed E-state index contributed by atoms with van der Waals surface area (Å²) in [6.45, 7) is 4.55. The molecule has 1 saturated heterocycles. The van der Waals surface area contributed by atoms with Crippen molar-refractivity contribution in [3.05, 3.63) is 71.5 Å². The molecule has 0 bridgehead atoms. The van der Waals surface area contributed by atoms with E-state index in [1.54, 1.807) is 12.1 Å². The van der Waals surface area contributed by atoms with Crippen molar-refractivity contribution in [1.29, 1.82) is 0 Å². The van der Waals surface area contributed by atoms with Crippen LogP contribution in [0.3, 0.4) is 0 Å². The van der Waals surface area contributed by atoms with Crippen LogP contribution in [-0.4, -0.2) is 10.8 Å². The summed E-state index contributed by atoms with van der Waals surface area (Å²) in [5.74, 6) is -0.0902. The standard InChI is InChI=1S/C19H20FNO/c1-19(2)12-17(15-8-10-16(20)11-9-15)21(18(19)22)13-14-6-4-3-5-7-14/h3-11,17H,12-13H2,1-2H3/t17-/m1/s1. The zero-order valence-electron chi connectivity index (χ0n) is 12.9. The molecule has 0 N–H and O–H groups in total. The fourth-order valence-corrected chi connectivity index (χ4v) is 3.16. The number of rotatable bonds is 3. The van der Waals surface area contributed by atoms with Gasteiger partial charge in [0, 0.05) is 12.0 Å². The molecule has 2 nitrogen and oxygen atoms in total. The number of benzene rings is 2. The first-order chi connectivity index (χ1) is 10.5. The number of hydrogen-bond donors (Lipinski definition) is 0. The van der Waals surface area contributed by atoms with Crippen molar-refractivity contribution in [3.8, 4) is 0 Å². The van der Waals surface area contributed by atoms with Crippen LogP contribution < -0.4 is 0 Å². The summed E-state index contributed by atoms with van der Waals surface area (Å²) in [5.41, 5.74) is 1.73. The van der Waals surface area contributed by atoms with Crippen molar-refractivity contribution in [1.82, 2.24) is 4.90 Å². The molecule has 1 aliphatic rings. The quantitative estimate of drug-likeness (QED) is 0.826. The van der Waals surface area contributed by atoms with E-state index in [2.05, 4.69) is 0 Å². The second kappa shape index (κ2) is 5.56. The van der Waals surface area contributed by atoms with Crippen LogP contribution in [0.1, 0.15) is 37.4 Å². The highest BCUT2D eigenvalue weighted by Gasteiger charge is 2.45. The van der Waals surface area contributed by atoms with Gasteiger partial charge in [0.05, 0.1) is 6.04 Å². The highest BCUT2D eigenvalue weighted by molar-refractivity contribution is 5.84. The predicted molar refractivity (Wildman–Crippen MR) is 84.5 cm³/mol. The molecule has 0 unspecified atom stereocenters. The number of amides is 1. The Morgan fingerprint density at radius 2 is 1.73 bits per heavy atom. The Morgan fingerprint density at radius 3 is 2.36 bits per heavy atom. The first-order valence-corrected chi connectivity index (χ1v) is 7.58. The van der Waals surface area contributed by atoms with Gasteiger partial charge in [-0.1, -0.05) is 56.3 Å². The first-order valence-electron chi connectivity index (χ1n) is 7.58. The van der Waals surface area contributed by atoms with Crippen LogP contribution in [0.25, 0.3) is 0 Å². The maximum Gasteiger partial charge on any atom is 0.229 e. The molecule has 2 aromatic carbocycles. The van der Waals surface area contributed by atoms with Crippen molar-refractivity contribution in [2.24, 2.45) is 5.41 Å². The molecule has 0 saturated carbocycles. The van der Waals surface area contributed by atoms with Gasteiger partial charge in [0.25, 0.3) is 0 Å². The molecule has 3 rings (SSSR count). The van der Waals surface area contributed by atoms with Gasteiger partial charge in [-0.25, -0.2) is 4.39 Å². The molecule has 2 aromatic rings. The fraction of sp³-hybridized carbons (Fsp3) is 0.316. The van der Waals surface area contributed by atoms with Gasteiger partial charge >= 0.3 is 0 Å². The molecule has 0 radical (unpaired) electrons. The minimum Gasteiger partial charge on any atom is -0.331 e. The summed E-state index contributed by atoms with van der Waals surface area (Å²) >= 11 is 0. The summed E-state index contributed by atoms with van der Waals surface area (Å²) in [5, 5.41) is 0. The average Bonchev–Trinajstić information content (AvgIpc) is 2.73. The number of likely N-dealkylation sites (tertiary alicyclic amines) is 1. The maximum atomic E-state index is 13.2. The average molecular weight is 297 g/mol. The van der Waals surface area contributed by atoms with Gasteiger partial charge in [-0.15, -0.1) is 0 Å². The highest BCUT2D eigenvalue weighted by atomic mass is 19.1. The van der Waals surface area contributed by atoms with Gasteiger partial charge in [-0.05, 0) is 29.7 Å². The number of hydrogen-bond acceptors (Lipinski definition) is 1. The Morgan fingerprint density at radius 1 is 1.09 bits per heavy atom. The Hall–Kier alpha value is -2.16. The van der Waals surface area contributed by atoms with Crippen LogP contribution in [0.15, 0.2) is 54.6 Å². The molecule has 22 heavy (non-hydrogen) atoms. The normalized spacial score (nSPS) is 20.4. The van der Waals surface area contributed by atoms with Crippen molar-refractivity contribution >= 4 is 5.91 Å². The zero-order chi connectivity index (χ0) is 15.7. The van der Waals surface area contributed by atoms with Crippen LogP contribution in [0, 0.1) is 11.2 Å². The second-order valence-corrected chi connectivity index (χ2v) is 6.57. The van der Waals surface area contributed by atoms with E-state index in [1.165, 1.54) is 12.1 Å². The summed E-state index contributed by atoms with van der Waals surface area (Å²) in [7, 11) is 0. The fourth-order valence-electron chi connectivity index (χ4n) is 3.16. The Balaban J connectivity index is 1.92. The van der Waals surface area contributed by atoms with E-state index >= 15 is 0 Å². The lowest BCUT2D eigenvalue weighted by atomic mass is 9.88. The Bertz CT molecular complexity index is 664. The van der Waals surface area contributed by atoms with Crippen LogP contribution >= 0.6 is 0 Å². The minimum absolute atomic E-state index is 0.00306. The molecule has 1 atom stereocenters. The Kier molecular flexibility index (Phi) is 3.73. The van der Waals surface area contributed by atoms with Gasteiger partial charge in [0.2, 0.25) is 5.91 Å². The number of carbonyl (C=O) groups excluding carboxylic acids is 1. The topological polar surface area (TPSA) is 20.3 Å². The molecule has 3 heteroatoms. The molecule has 0 aromatic heterocycles. The Labute approximate surface area is 130 Å². The zero-order valence-corrected chi connectivity index (χ0v) is 12.9. The lowest BCUT2D eigenvalue weighted by Crippen LogP contribution is -2.31.